The number of hydrogen-bond donors (Lipinski definition) is 2. The Labute approximate surface area is 202 Å². The molecule has 2 aliphatic rings. The van der Waals surface area contributed by atoms with Gasteiger partial charge in [-0.3, -0.25) is 9.89 Å². The van der Waals surface area contributed by atoms with Gasteiger partial charge in [0.15, 0.2) is 11.7 Å². The van der Waals surface area contributed by atoms with Crippen molar-refractivity contribution in [3.8, 4) is 0 Å². The van der Waals surface area contributed by atoms with E-state index >= 15 is 0 Å². The normalized spacial score (nSPS) is 20.1. The molecule has 0 bridgehead atoms. The first kappa shape index (κ1) is 26.0. The van der Waals surface area contributed by atoms with Gasteiger partial charge < -0.3 is 10.6 Å². The molecule has 1 aliphatic heterocycles. The molecule has 1 aromatic heterocycles. The largest absolute Gasteiger partial charge is 0.434 e. The number of aliphatic imine (C=N–C) groups is 1. The summed E-state index contributed by atoms with van der Waals surface area (Å²) in [6, 6.07) is 0. The monoisotopic (exact) mass is 577 g/mol. The van der Waals surface area contributed by atoms with Gasteiger partial charge in [-0.2, -0.15) is 24.9 Å². The van der Waals surface area contributed by atoms with Gasteiger partial charge in [0.1, 0.15) is 0 Å². The highest BCUT2D eigenvalue weighted by Crippen LogP contribution is 2.37. The summed E-state index contributed by atoms with van der Waals surface area (Å²) in [6.07, 6.45) is 0.976. The Bertz CT molecular complexity index is 671. The van der Waals surface area contributed by atoms with Crippen LogP contribution in [0, 0.1) is 0 Å². The zero-order valence-electron chi connectivity index (χ0n) is 17.3. The maximum atomic E-state index is 12.7. The summed E-state index contributed by atoms with van der Waals surface area (Å²) in [5.74, 6) is 3.12. The molecule has 11 heteroatoms. The van der Waals surface area contributed by atoms with Crippen LogP contribution in [0.2, 0.25) is 0 Å². The number of hydrogen-bond acceptors (Lipinski definition) is 5. The number of thioether (sulfide) groups is 1. The summed E-state index contributed by atoms with van der Waals surface area (Å²) >= 11 is 3.08. The minimum absolute atomic E-state index is 0. The average Bonchev–Trinajstić information content (AvgIpc) is 3.37. The number of nitrogens with zero attached hydrogens (tertiary/aromatic N) is 3. The van der Waals surface area contributed by atoms with Crippen molar-refractivity contribution < 1.29 is 13.2 Å². The zero-order valence-corrected chi connectivity index (χ0v) is 21.2. The van der Waals surface area contributed by atoms with Gasteiger partial charge in [-0.1, -0.05) is 12.8 Å². The van der Waals surface area contributed by atoms with Crippen LogP contribution in [0.1, 0.15) is 43.3 Å². The molecule has 172 valence electrons. The molecule has 1 aromatic rings. The molecule has 0 unspecified atom stereocenters. The van der Waals surface area contributed by atoms with Crippen LogP contribution < -0.4 is 10.6 Å². The number of thiazole rings is 1. The van der Waals surface area contributed by atoms with Crippen molar-refractivity contribution >= 4 is 53.0 Å². The van der Waals surface area contributed by atoms with Crippen molar-refractivity contribution in [2.75, 3.05) is 44.2 Å². The van der Waals surface area contributed by atoms with Gasteiger partial charge in [-0.25, -0.2) is 4.98 Å². The Balaban J connectivity index is 0.00000320. The number of nitrogens with one attached hydrogen (secondary N) is 2. The molecule has 2 heterocycles. The van der Waals surface area contributed by atoms with E-state index in [9.17, 15) is 13.2 Å². The second-order valence-electron chi connectivity index (χ2n) is 7.53. The van der Waals surface area contributed by atoms with Crippen LogP contribution in [0.15, 0.2) is 10.4 Å². The average molecular weight is 578 g/mol. The molecule has 2 fully saturated rings. The molecule has 5 nitrogen and oxygen atoms in total. The van der Waals surface area contributed by atoms with E-state index in [1.165, 1.54) is 37.2 Å². The molecule has 0 amide bonds. The molecule has 1 saturated heterocycles. The van der Waals surface area contributed by atoms with Crippen molar-refractivity contribution in [2.45, 2.75) is 50.7 Å². The molecular weight excluding hydrogens is 546 g/mol. The Morgan fingerprint density at radius 3 is 2.53 bits per heavy atom. The minimum Gasteiger partial charge on any atom is -0.357 e. The second kappa shape index (κ2) is 12.1. The predicted octanol–water partition coefficient (Wildman–Crippen LogP) is 4.24. The Morgan fingerprint density at radius 2 is 1.93 bits per heavy atom. The van der Waals surface area contributed by atoms with E-state index in [4.69, 9.17) is 4.99 Å². The molecule has 1 saturated carbocycles. The summed E-state index contributed by atoms with van der Waals surface area (Å²) in [6.45, 7) is 6.30. The molecule has 0 atom stereocenters. The molecule has 1 aliphatic carbocycles. The topological polar surface area (TPSA) is 52.6 Å². The van der Waals surface area contributed by atoms with E-state index in [1.807, 2.05) is 18.7 Å². The maximum Gasteiger partial charge on any atom is 0.434 e. The minimum atomic E-state index is -4.37. The Hall–Kier alpha value is -0.270. The van der Waals surface area contributed by atoms with Gasteiger partial charge in [0.05, 0.1) is 11.6 Å². The quantitative estimate of drug-likeness (QED) is 0.289. The van der Waals surface area contributed by atoms with Crippen LogP contribution in [0.5, 0.6) is 0 Å². The van der Waals surface area contributed by atoms with Gasteiger partial charge in [0.25, 0.3) is 0 Å². The lowest BCUT2D eigenvalue weighted by Gasteiger charge is -2.42. The first-order chi connectivity index (χ1) is 13.9. The van der Waals surface area contributed by atoms with E-state index in [-0.39, 0.29) is 29.5 Å². The van der Waals surface area contributed by atoms with Crippen LogP contribution in [-0.2, 0) is 12.6 Å². The summed E-state index contributed by atoms with van der Waals surface area (Å²) in [4.78, 5) is 11.2. The fourth-order valence-corrected chi connectivity index (χ4v) is 5.76. The van der Waals surface area contributed by atoms with Gasteiger partial charge in [0, 0.05) is 55.0 Å². The van der Waals surface area contributed by atoms with Crippen molar-refractivity contribution in [3.63, 3.8) is 0 Å². The Morgan fingerprint density at radius 1 is 1.23 bits per heavy atom. The second-order valence-corrected chi connectivity index (χ2v) is 9.69. The van der Waals surface area contributed by atoms with E-state index in [1.54, 1.807) is 0 Å². The summed E-state index contributed by atoms with van der Waals surface area (Å²) < 4.78 is 38.1. The number of alkyl halides is 3. The van der Waals surface area contributed by atoms with Crippen molar-refractivity contribution in [1.29, 1.82) is 0 Å². The highest BCUT2D eigenvalue weighted by molar-refractivity contribution is 14.0. The maximum absolute atomic E-state index is 12.7. The standard InChI is InChI=1S/C19H30F3N5S2.HI/c1-2-23-17(24-8-5-16-26-15(13-29-16)19(20,21)22)25-14-18(6-3-4-7-18)27-9-11-28-12-10-27;/h13H,2-12,14H2,1H3,(H2,23,24,25);1H. The van der Waals surface area contributed by atoms with Crippen LogP contribution in [0.4, 0.5) is 13.2 Å². The van der Waals surface area contributed by atoms with Crippen LogP contribution in [-0.4, -0.2) is 65.6 Å². The lowest BCUT2D eigenvalue weighted by Crippen LogP contribution is -2.53. The summed E-state index contributed by atoms with van der Waals surface area (Å²) in [5, 5.41) is 8.09. The first-order valence-corrected chi connectivity index (χ1v) is 12.3. The molecule has 3 rings (SSSR count). The lowest BCUT2D eigenvalue weighted by atomic mass is 9.95. The molecule has 0 aromatic carbocycles. The summed E-state index contributed by atoms with van der Waals surface area (Å²) in [7, 11) is 0. The van der Waals surface area contributed by atoms with E-state index in [0.717, 1.165) is 48.9 Å². The fourth-order valence-electron chi connectivity index (χ4n) is 4.06. The van der Waals surface area contributed by atoms with Gasteiger partial charge in [-0.15, -0.1) is 35.3 Å². The lowest BCUT2D eigenvalue weighted by molar-refractivity contribution is -0.140. The zero-order chi connectivity index (χ0) is 20.7. The number of aromatic nitrogens is 1. The van der Waals surface area contributed by atoms with Gasteiger partial charge >= 0.3 is 6.18 Å². The molecule has 0 spiro atoms. The number of halogens is 4. The SMILES string of the molecule is CCNC(=NCC1(N2CCSCC2)CCCC1)NCCc1nc(C(F)(F)F)cs1.I. The molecule has 0 radical (unpaired) electrons. The van der Waals surface area contributed by atoms with E-state index in [2.05, 4.69) is 20.5 Å². The summed E-state index contributed by atoms with van der Waals surface area (Å²) in [5.41, 5.74) is -0.638. The third-order valence-electron chi connectivity index (χ3n) is 5.57. The molecule has 30 heavy (non-hydrogen) atoms. The fraction of sp³-hybridized carbons (Fsp3) is 0.789. The molecular formula is C19H31F3IN5S2. The van der Waals surface area contributed by atoms with Crippen molar-refractivity contribution in [3.05, 3.63) is 16.1 Å². The van der Waals surface area contributed by atoms with E-state index < -0.39 is 11.9 Å². The predicted molar refractivity (Wildman–Crippen MR) is 130 cm³/mol. The highest BCUT2D eigenvalue weighted by Gasteiger charge is 2.40. The Kier molecular flexibility index (Phi) is 10.5. The van der Waals surface area contributed by atoms with E-state index in [0.29, 0.717) is 18.0 Å². The number of guanidine groups is 1. The molecule has 2 N–H and O–H groups in total. The van der Waals surface area contributed by atoms with Gasteiger partial charge in [0.2, 0.25) is 0 Å². The third-order valence-corrected chi connectivity index (χ3v) is 7.42. The highest BCUT2D eigenvalue weighted by atomic mass is 127. The first-order valence-electron chi connectivity index (χ1n) is 10.3. The van der Waals surface area contributed by atoms with Crippen molar-refractivity contribution in [2.24, 2.45) is 4.99 Å². The third kappa shape index (κ3) is 7.13. The smallest absolute Gasteiger partial charge is 0.357 e. The van der Waals surface area contributed by atoms with Gasteiger partial charge in [-0.05, 0) is 19.8 Å². The number of rotatable bonds is 7. The van der Waals surface area contributed by atoms with Crippen LogP contribution in [0.3, 0.4) is 0 Å². The van der Waals surface area contributed by atoms with Crippen LogP contribution >= 0.6 is 47.1 Å². The van der Waals surface area contributed by atoms with Crippen molar-refractivity contribution in [1.82, 2.24) is 20.5 Å². The van der Waals surface area contributed by atoms with Crippen LogP contribution in [0.25, 0.3) is 0 Å².